The lowest BCUT2D eigenvalue weighted by molar-refractivity contribution is 0.194. The van der Waals surface area contributed by atoms with Crippen LogP contribution >= 0.6 is 0 Å². The quantitative estimate of drug-likeness (QED) is 0.783. The minimum absolute atomic E-state index is 0.381. The minimum Gasteiger partial charge on any atom is -0.382 e. The summed E-state index contributed by atoms with van der Waals surface area (Å²) in [6.07, 6.45) is 4.69. The molecule has 1 aliphatic heterocycles. The van der Waals surface area contributed by atoms with E-state index in [1.807, 2.05) is 18.2 Å². The summed E-state index contributed by atoms with van der Waals surface area (Å²) in [7, 11) is 0. The molecule has 0 radical (unpaired) electrons. The number of nitrogens with zero attached hydrogens (tertiary/aromatic N) is 3. The normalized spacial score (nSPS) is 18.4. The molecule has 1 aliphatic rings. The fourth-order valence-corrected chi connectivity index (χ4v) is 2.98. The van der Waals surface area contributed by atoms with Crippen LogP contribution in [0.3, 0.4) is 0 Å². The zero-order valence-corrected chi connectivity index (χ0v) is 11.6. The lowest BCUT2D eigenvalue weighted by atomic mass is 10.0. The molecule has 5 nitrogen and oxygen atoms in total. The van der Waals surface area contributed by atoms with Gasteiger partial charge in [-0.15, -0.1) is 0 Å². The molecule has 5 heteroatoms. The van der Waals surface area contributed by atoms with E-state index in [1.165, 1.54) is 11.9 Å². The van der Waals surface area contributed by atoms with Gasteiger partial charge in [-0.25, -0.2) is 9.97 Å². The van der Waals surface area contributed by atoms with Crippen molar-refractivity contribution in [3.63, 3.8) is 0 Å². The predicted octanol–water partition coefficient (Wildman–Crippen LogP) is 2.51. The smallest absolute Gasteiger partial charge is 0.151 e. The van der Waals surface area contributed by atoms with Gasteiger partial charge in [0.25, 0.3) is 0 Å². The van der Waals surface area contributed by atoms with E-state index in [1.54, 1.807) is 0 Å². The highest BCUT2D eigenvalue weighted by Gasteiger charge is 2.24. The molecule has 1 fully saturated rings. The summed E-state index contributed by atoms with van der Waals surface area (Å²) in [4.78, 5) is 8.61. The first kappa shape index (κ1) is 12.3. The van der Waals surface area contributed by atoms with Gasteiger partial charge in [-0.3, -0.25) is 0 Å². The second-order valence-corrected chi connectivity index (χ2v) is 5.31. The monoisotopic (exact) mass is 280 g/mol. The second kappa shape index (κ2) is 4.86. The molecule has 1 aromatic carbocycles. The number of nitrogen functional groups attached to an aromatic ring is 1. The number of benzene rings is 1. The van der Waals surface area contributed by atoms with Gasteiger partial charge in [-0.05, 0) is 18.6 Å². The summed E-state index contributed by atoms with van der Waals surface area (Å²) < 4.78 is 7.60. The SMILES string of the molecule is Nc1ncnc2c(C3CCOC3)cn(-c3ccccc3)c12. The third-order valence-corrected chi connectivity index (χ3v) is 4.04. The molecule has 1 atom stereocenters. The third-order valence-electron chi connectivity index (χ3n) is 4.04. The lowest BCUT2D eigenvalue weighted by Gasteiger charge is -2.05. The van der Waals surface area contributed by atoms with Crippen LogP contribution in [0.4, 0.5) is 5.82 Å². The van der Waals surface area contributed by atoms with Crippen molar-refractivity contribution in [1.82, 2.24) is 14.5 Å². The number of ether oxygens (including phenoxy) is 1. The Morgan fingerprint density at radius 1 is 1.19 bits per heavy atom. The maximum Gasteiger partial charge on any atom is 0.151 e. The largest absolute Gasteiger partial charge is 0.382 e. The van der Waals surface area contributed by atoms with Crippen molar-refractivity contribution in [2.45, 2.75) is 12.3 Å². The van der Waals surface area contributed by atoms with Crippen LogP contribution in [-0.2, 0) is 4.74 Å². The highest BCUT2D eigenvalue weighted by Crippen LogP contribution is 2.34. The van der Waals surface area contributed by atoms with Crippen molar-refractivity contribution in [3.05, 3.63) is 48.4 Å². The maximum atomic E-state index is 6.10. The molecule has 0 aliphatic carbocycles. The van der Waals surface area contributed by atoms with Crippen molar-refractivity contribution in [3.8, 4) is 5.69 Å². The van der Waals surface area contributed by atoms with E-state index in [-0.39, 0.29) is 0 Å². The van der Waals surface area contributed by atoms with Crippen LogP contribution < -0.4 is 5.73 Å². The van der Waals surface area contributed by atoms with Gasteiger partial charge >= 0.3 is 0 Å². The van der Waals surface area contributed by atoms with E-state index in [4.69, 9.17) is 10.5 Å². The molecule has 106 valence electrons. The molecule has 0 saturated carbocycles. The fourth-order valence-electron chi connectivity index (χ4n) is 2.98. The highest BCUT2D eigenvalue weighted by atomic mass is 16.5. The number of nitrogens with two attached hydrogens (primary N) is 1. The molecule has 0 amide bonds. The molecule has 3 heterocycles. The van der Waals surface area contributed by atoms with Gasteiger partial charge in [-0.2, -0.15) is 0 Å². The van der Waals surface area contributed by atoms with Crippen LogP contribution in [0.25, 0.3) is 16.7 Å². The molecule has 2 N–H and O–H groups in total. The number of anilines is 1. The molecule has 1 unspecified atom stereocenters. The summed E-state index contributed by atoms with van der Waals surface area (Å²) in [6, 6.07) is 10.1. The first-order chi connectivity index (χ1) is 10.3. The van der Waals surface area contributed by atoms with Crippen LogP contribution in [0.15, 0.2) is 42.9 Å². The fraction of sp³-hybridized carbons (Fsp3) is 0.250. The van der Waals surface area contributed by atoms with Gasteiger partial charge in [0.2, 0.25) is 0 Å². The van der Waals surface area contributed by atoms with Gasteiger partial charge in [0, 0.05) is 30.0 Å². The molecular weight excluding hydrogens is 264 g/mol. The van der Waals surface area contributed by atoms with Crippen molar-refractivity contribution in [2.24, 2.45) is 0 Å². The summed E-state index contributed by atoms with van der Waals surface area (Å²) >= 11 is 0. The molecule has 1 saturated heterocycles. The number of hydrogen-bond acceptors (Lipinski definition) is 4. The predicted molar refractivity (Wildman–Crippen MR) is 81.5 cm³/mol. The Labute approximate surface area is 122 Å². The lowest BCUT2D eigenvalue weighted by Crippen LogP contribution is -1.98. The van der Waals surface area contributed by atoms with Crippen LogP contribution in [0.5, 0.6) is 0 Å². The zero-order chi connectivity index (χ0) is 14.2. The van der Waals surface area contributed by atoms with Gasteiger partial charge in [0.1, 0.15) is 11.8 Å². The zero-order valence-electron chi connectivity index (χ0n) is 11.6. The number of aromatic nitrogens is 3. The van der Waals surface area contributed by atoms with Gasteiger partial charge < -0.3 is 15.0 Å². The average Bonchev–Trinajstić information content (AvgIpc) is 3.16. The molecular formula is C16H16N4O. The Hall–Kier alpha value is -2.40. The van der Waals surface area contributed by atoms with Crippen molar-refractivity contribution in [2.75, 3.05) is 18.9 Å². The minimum atomic E-state index is 0.381. The van der Waals surface area contributed by atoms with Crippen LogP contribution in [0, 0.1) is 0 Å². The Bertz CT molecular complexity index is 776. The number of hydrogen-bond donors (Lipinski definition) is 1. The molecule has 3 aromatic rings. The Morgan fingerprint density at radius 2 is 2.05 bits per heavy atom. The van der Waals surface area contributed by atoms with Gasteiger partial charge in [0.05, 0.1) is 12.1 Å². The van der Waals surface area contributed by atoms with Crippen molar-refractivity contribution in [1.29, 1.82) is 0 Å². The van der Waals surface area contributed by atoms with Crippen LogP contribution in [0.1, 0.15) is 17.9 Å². The van der Waals surface area contributed by atoms with E-state index >= 15 is 0 Å². The molecule has 0 spiro atoms. The third kappa shape index (κ3) is 1.97. The Kier molecular flexibility index (Phi) is 2.86. The maximum absolute atomic E-state index is 6.10. The summed E-state index contributed by atoms with van der Waals surface area (Å²) in [5.74, 6) is 0.890. The first-order valence-corrected chi connectivity index (χ1v) is 7.09. The Morgan fingerprint density at radius 3 is 2.81 bits per heavy atom. The van der Waals surface area contributed by atoms with E-state index in [2.05, 4.69) is 32.9 Å². The van der Waals surface area contributed by atoms with Crippen molar-refractivity contribution >= 4 is 16.9 Å². The van der Waals surface area contributed by atoms with E-state index in [9.17, 15) is 0 Å². The first-order valence-electron chi connectivity index (χ1n) is 7.09. The number of rotatable bonds is 2. The Balaban J connectivity index is 1.98. The summed E-state index contributed by atoms with van der Waals surface area (Å²) in [5, 5.41) is 0. The van der Waals surface area contributed by atoms with E-state index in [0.717, 1.165) is 36.4 Å². The van der Waals surface area contributed by atoms with Gasteiger partial charge in [0.15, 0.2) is 5.82 Å². The molecule has 2 aromatic heterocycles. The standard InChI is InChI=1S/C16H16N4O/c17-16-15-14(18-10-19-16)13(11-6-7-21-9-11)8-20(15)12-4-2-1-3-5-12/h1-5,8,10-11H,6-7,9H2,(H2,17,18,19). The van der Waals surface area contributed by atoms with E-state index < -0.39 is 0 Å². The van der Waals surface area contributed by atoms with Crippen LogP contribution in [-0.4, -0.2) is 27.7 Å². The summed E-state index contributed by atoms with van der Waals surface area (Å²) in [5.41, 5.74) is 10.2. The van der Waals surface area contributed by atoms with Crippen molar-refractivity contribution < 1.29 is 4.74 Å². The van der Waals surface area contributed by atoms with Gasteiger partial charge in [-0.1, -0.05) is 18.2 Å². The molecule has 4 rings (SSSR count). The van der Waals surface area contributed by atoms with E-state index in [0.29, 0.717) is 11.7 Å². The highest BCUT2D eigenvalue weighted by molar-refractivity contribution is 5.90. The number of para-hydroxylation sites is 1. The second-order valence-electron chi connectivity index (χ2n) is 5.31. The molecule has 21 heavy (non-hydrogen) atoms. The van der Waals surface area contributed by atoms with Crippen LogP contribution in [0.2, 0.25) is 0 Å². The summed E-state index contributed by atoms with van der Waals surface area (Å²) in [6.45, 7) is 1.56. The average molecular weight is 280 g/mol. The number of fused-ring (bicyclic) bond motifs is 1. The topological polar surface area (TPSA) is 66.0 Å². The molecule has 0 bridgehead atoms.